The van der Waals surface area contributed by atoms with Crippen molar-refractivity contribution < 1.29 is 9.47 Å². The summed E-state index contributed by atoms with van der Waals surface area (Å²) < 4.78 is 12.9. The van der Waals surface area contributed by atoms with Crippen molar-refractivity contribution in [1.82, 2.24) is 0 Å². The first-order chi connectivity index (χ1) is 8.31. The Balaban J connectivity index is 2.48. The van der Waals surface area contributed by atoms with Gasteiger partial charge in [-0.25, -0.2) is 0 Å². The van der Waals surface area contributed by atoms with Crippen LogP contribution in [-0.4, -0.2) is 24.4 Å². The summed E-state index contributed by atoms with van der Waals surface area (Å²) >= 11 is 0. The molecule has 0 radical (unpaired) electrons. The average Bonchev–Trinajstić information content (AvgIpc) is 2.67. The lowest BCUT2D eigenvalue weighted by molar-refractivity contribution is -0.210. The van der Waals surface area contributed by atoms with Gasteiger partial charge in [0.2, 0.25) is 0 Å². The van der Waals surface area contributed by atoms with Crippen molar-refractivity contribution in [3.05, 3.63) is 0 Å². The van der Waals surface area contributed by atoms with Gasteiger partial charge in [-0.05, 0) is 16.2 Å². The lowest BCUT2D eigenvalue weighted by atomic mass is 9.61. The molecule has 0 saturated carbocycles. The first kappa shape index (κ1) is 15.3. The van der Waals surface area contributed by atoms with Crippen molar-refractivity contribution >= 4 is 0 Å². The summed E-state index contributed by atoms with van der Waals surface area (Å²) in [6, 6.07) is 0. The fraction of sp³-hybridized carbons (Fsp3) is 1.00. The van der Waals surface area contributed by atoms with Crippen molar-refractivity contribution in [2.75, 3.05) is 6.61 Å². The number of rotatable bonds is 0. The molecule has 2 bridgehead atoms. The lowest BCUT2D eigenvalue weighted by Gasteiger charge is -2.47. The highest BCUT2D eigenvalue weighted by Crippen LogP contribution is 2.61. The van der Waals surface area contributed by atoms with E-state index in [4.69, 9.17) is 9.47 Å². The summed E-state index contributed by atoms with van der Waals surface area (Å²) in [7, 11) is 0. The Morgan fingerprint density at radius 2 is 1.37 bits per heavy atom. The second-order valence-electron chi connectivity index (χ2n) is 9.66. The summed E-state index contributed by atoms with van der Waals surface area (Å²) in [5.74, 6) is 0.462. The van der Waals surface area contributed by atoms with Crippen molar-refractivity contribution in [2.24, 2.45) is 22.2 Å². The maximum atomic E-state index is 6.69. The minimum atomic E-state index is -0.145. The van der Waals surface area contributed by atoms with Crippen LogP contribution in [-0.2, 0) is 9.47 Å². The summed E-state index contributed by atoms with van der Waals surface area (Å²) in [5, 5.41) is 0. The van der Waals surface area contributed by atoms with E-state index >= 15 is 0 Å². The molecule has 2 aliphatic heterocycles. The molecule has 2 fully saturated rings. The molecular weight excluding hydrogens is 236 g/mol. The SMILES string of the molecule is CC(C)(C)[C@@H]1O[C@@]2(C(C)(C)C)COC1[C@H]2C(C)(C)C. The van der Waals surface area contributed by atoms with Gasteiger partial charge in [-0.2, -0.15) is 0 Å². The van der Waals surface area contributed by atoms with Gasteiger partial charge in [0.1, 0.15) is 5.60 Å². The van der Waals surface area contributed by atoms with Crippen molar-refractivity contribution in [3.63, 3.8) is 0 Å². The molecule has 4 atom stereocenters. The minimum Gasteiger partial charge on any atom is -0.372 e. The molecule has 1 unspecified atom stereocenters. The van der Waals surface area contributed by atoms with Crippen LogP contribution in [0.1, 0.15) is 62.3 Å². The first-order valence-electron chi connectivity index (χ1n) is 7.60. The van der Waals surface area contributed by atoms with Gasteiger partial charge in [0.25, 0.3) is 0 Å². The quantitative estimate of drug-likeness (QED) is 0.653. The topological polar surface area (TPSA) is 18.5 Å². The zero-order chi connectivity index (χ0) is 14.9. The van der Waals surface area contributed by atoms with Gasteiger partial charge in [0.15, 0.2) is 0 Å². The van der Waals surface area contributed by atoms with Crippen molar-refractivity contribution in [2.45, 2.75) is 80.1 Å². The molecule has 0 aliphatic carbocycles. The molecule has 2 heterocycles. The van der Waals surface area contributed by atoms with Crippen LogP contribution in [0.5, 0.6) is 0 Å². The monoisotopic (exact) mass is 268 g/mol. The maximum absolute atomic E-state index is 6.69. The van der Waals surface area contributed by atoms with Gasteiger partial charge < -0.3 is 9.47 Å². The largest absolute Gasteiger partial charge is 0.372 e. The lowest BCUT2D eigenvalue weighted by Crippen LogP contribution is -2.53. The standard InChI is InChI=1S/C17H32O2/c1-14(2,3)12-11-13(15(4,5)6)19-17(12,10-18-11)16(7,8)9/h11-13H,10H2,1-9H3/t11?,12-,13+,17-/m0/s1. The van der Waals surface area contributed by atoms with E-state index in [1.54, 1.807) is 0 Å². The van der Waals surface area contributed by atoms with Crippen LogP contribution in [0.4, 0.5) is 0 Å². The normalized spacial score (nSPS) is 39.9. The predicted molar refractivity (Wildman–Crippen MR) is 79.2 cm³/mol. The van der Waals surface area contributed by atoms with Gasteiger partial charge >= 0.3 is 0 Å². The smallest absolute Gasteiger partial charge is 0.103 e. The van der Waals surface area contributed by atoms with E-state index in [2.05, 4.69) is 62.3 Å². The fourth-order valence-corrected chi connectivity index (χ4v) is 4.06. The number of hydrogen-bond acceptors (Lipinski definition) is 2. The maximum Gasteiger partial charge on any atom is 0.103 e. The molecule has 112 valence electrons. The molecule has 0 spiro atoms. The Hall–Kier alpha value is -0.0800. The highest BCUT2D eigenvalue weighted by atomic mass is 16.6. The average molecular weight is 268 g/mol. The molecule has 0 amide bonds. The van der Waals surface area contributed by atoms with Gasteiger partial charge in [-0.1, -0.05) is 62.3 Å². The molecule has 0 aromatic rings. The fourth-order valence-electron chi connectivity index (χ4n) is 4.06. The van der Waals surface area contributed by atoms with Crippen molar-refractivity contribution in [3.8, 4) is 0 Å². The molecule has 2 aliphatic rings. The minimum absolute atomic E-state index is 0.0969. The molecule has 2 nitrogen and oxygen atoms in total. The van der Waals surface area contributed by atoms with Crippen LogP contribution >= 0.6 is 0 Å². The Labute approximate surface area is 119 Å². The summed E-state index contributed by atoms with van der Waals surface area (Å²) in [5.41, 5.74) is 0.281. The third-order valence-electron chi connectivity index (χ3n) is 5.01. The number of fused-ring (bicyclic) bond motifs is 2. The van der Waals surface area contributed by atoms with Crippen molar-refractivity contribution in [1.29, 1.82) is 0 Å². The molecule has 19 heavy (non-hydrogen) atoms. The molecule has 2 heteroatoms. The van der Waals surface area contributed by atoms with E-state index in [0.29, 0.717) is 5.92 Å². The Morgan fingerprint density at radius 3 is 1.68 bits per heavy atom. The zero-order valence-corrected chi connectivity index (χ0v) is 14.3. The van der Waals surface area contributed by atoms with E-state index in [-0.39, 0.29) is 34.1 Å². The third kappa shape index (κ3) is 2.15. The van der Waals surface area contributed by atoms with Crippen LogP contribution in [0.15, 0.2) is 0 Å². The molecule has 0 aromatic carbocycles. The van der Waals surface area contributed by atoms with Gasteiger partial charge in [-0.15, -0.1) is 0 Å². The van der Waals surface area contributed by atoms with E-state index in [1.165, 1.54) is 0 Å². The van der Waals surface area contributed by atoms with Gasteiger partial charge in [0.05, 0.1) is 18.8 Å². The summed E-state index contributed by atoms with van der Waals surface area (Å²) in [4.78, 5) is 0. The predicted octanol–water partition coefficient (Wildman–Crippen LogP) is 4.28. The second-order valence-corrected chi connectivity index (χ2v) is 9.66. The third-order valence-corrected chi connectivity index (χ3v) is 5.01. The molecular formula is C17H32O2. The van der Waals surface area contributed by atoms with Gasteiger partial charge in [0, 0.05) is 5.92 Å². The highest BCUT2D eigenvalue weighted by Gasteiger charge is 2.69. The summed E-state index contributed by atoms with van der Waals surface area (Å²) in [6.07, 6.45) is 0.434. The second kappa shape index (κ2) is 3.98. The summed E-state index contributed by atoms with van der Waals surface area (Å²) in [6.45, 7) is 21.4. The Kier molecular flexibility index (Phi) is 3.20. The molecule has 0 N–H and O–H groups in total. The Bertz CT molecular complexity index is 353. The van der Waals surface area contributed by atoms with E-state index in [9.17, 15) is 0 Å². The molecule has 2 rings (SSSR count). The number of hydrogen-bond donors (Lipinski definition) is 0. The zero-order valence-electron chi connectivity index (χ0n) is 14.3. The Morgan fingerprint density at radius 1 is 0.842 bits per heavy atom. The van der Waals surface area contributed by atoms with E-state index in [0.717, 1.165) is 6.61 Å². The van der Waals surface area contributed by atoms with Crippen LogP contribution in [0.2, 0.25) is 0 Å². The van der Waals surface area contributed by atoms with Gasteiger partial charge in [-0.3, -0.25) is 0 Å². The van der Waals surface area contributed by atoms with Crippen LogP contribution in [0.3, 0.4) is 0 Å². The van der Waals surface area contributed by atoms with E-state index in [1.807, 2.05) is 0 Å². The molecule has 2 saturated heterocycles. The molecule has 0 aromatic heterocycles. The first-order valence-corrected chi connectivity index (χ1v) is 7.60. The van der Waals surface area contributed by atoms with Crippen LogP contribution < -0.4 is 0 Å². The van der Waals surface area contributed by atoms with Crippen LogP contribution in [0, 0.1) is 22.2 Å². The van der Waals surface area contributed by atoms with Crippen LogP contribution in [0.25, 0.3) is 0 Å². The highest BCUT2D eigenvalue weighted by molar-refractivity contribution is 5.16. The number of ether oxygens (including phenoxy) is 2. The van der Waals surface area contributed by atoms with E-state index < -0.39 is 0 Å².